The van der Waals surface area contributed by atoms with Crippen LogP contribution in [0.1, 0.15) is 36.8 Å². The SMILES string of the molecule is C=C/C=C(\C)c1cc(C(=O)NC(C)(C)C(F)(F)F)cc(I)n1. The van der Waals surface area contributed by atoms with Gasteiger partial charge in [-0.25, -0.2) is 4.98 Å². The number of alkyl halides is 3. The fourth-order valence-corrected chi connectivity index (χ4v) is 2.11. The third-order valence-electron chi connectivity index (χ3n) is 2.96. The zero-order valence-corrected chi connectivity index (χ0v) is 14.5. The molecule has 0 unspecified atom stereocenters. The number of carbonyl (C=O) groups is 1. The van der Waals surface area contributed by atoms with Crippen LogP contribution < -0.4 is 5.32 Å². The first-order valence-corrected chi connectivity index (χ1v) is 7.42. The van der Waals surface area contributed by atoms with Crippen LogP contribution in [0.4, 0.5) is 13.2 Å². The fraction of sp³-hybridized carbons (Fsp3) is 0.333. The molecule has 0 atom stereocenters. The van der Waals surface area contributed by atoms with Gasteiger partial charge in [0.15, 0.2) is 0 Å². The van der Waals surface area contributed by atoms with Crippen LogP contribution in [-0.4, -0.2) is 22.6 Å². The molecule has 0 fully saturated rings. The van der Waals surface area contributed by atoms with Gasteiger partial charge in [0, 0.05) is 5.56 Å². The molecule has 0 saturated heterocycles. The van der Waals surface area contributed by atoms with Crippen molar-refractivity contribution in [3.05, 3.63) is 45.8 Å². The molecule has 1 heterocycles. The molecule has 1 aromatic rings. The van der Waals surface area contributed by atoms with Crippen LogP contribution >= 0.6 is 22.6 Å². The first kappa shape index (κ1) is 18.7. The molecule has 0 saturated carbocycles. The van der Waals surface area contributed by atoms with Crippen molar-refractivity contribution in [2.45, 2.75) is 32.5 Å². The summed E-state index contributed by atoms with van der Waals surface area (Å²) in [7, 11) is 0. The van der Waals surface area contributed by atoms with Crippen LogP contribution in [0, 0.1) is 3.70 Å². The van der Waals surface area contributed by atoms with Crippen molar-refractivity contribution in [2.75, 3.05) is 0 Å². The van der Waals surface area contributed by atoms with Crippen LogP contribution in [0.2, 0.25) is 0 Å². The Hall–Kier alpha value is -1.38. The summed E-state index contributed by atoms with van der Waals surface area (Å²) in [6, 6.07) is 2.90. The first-order valence-electron chi connectivity index (χ1n) is 6.34. The van der Waals surface area contributed by atoms with E-state index < -0.39 is 17.6 Å². The predicted molar refractivity (Wildman–Crippen MR) is 88.4 cm³/mol. The highest BCUT2D eigenvalue weighted by molar-refractivity contribution is 14.1. The number of pyridine rings is 1. The highest BCUT2D eigenvalue weighted by Gasteiger charge is 2.48. The maximum Gasteiger partial charge on any atom is 0.410 e. The van der Waals surface area contributed by atoms with Crippen molar-refractivity contribution in [2.24, 2.45) is 0 Å². The normalized spacial score (nSPS) is 13.0. The second kappa shape index (κ2) is 6.80. The Labute approximate surface area is 140 Å². The van der Waals surface area contributed by atoms with Crippen molar-refractivity contribution in [1.82, 2.24) is 10.3 Å². The summed E-state index contributed by atoms with van der Waals surface area (Å²) in [5.74, 6) is -0.796. The molecule has 1 rings (SSSR count). The van der Waals surface area contributed by atoms with Crippen LogP contribution in [0.3, 0.4) is 0 Å². The minimum absolute atomic E-state index is 0.128. The second-order valence-corrected chi connectivity index (χ2v) is 6.33. The smallest absolute Gasteiger partial charge is 0.338 e. The van der Waals surface area contributed by atoms with Crippen molar-refractivity contribution in [3.63, 3.8) is 0 Å². The highest BCUT2D eigenvalue weighted by atomic mass is 127. The Morgan fingerprint density at radius 3 is 2.45 bits per heavy atom. The van der Waals surface area contributed by atoms with Crippen LogP contribution in [0.5, 0.6) is 0 Å². The number of halogens is 4. The first-order chi connectivity index (χ1) is 9.98. The minimum atomic E-state index is -4.54. The zero-order chi connectivity index (χ0) is 17.1. The van der Waals surface area contributed by atoms with E-state index >= 15 is 0 Å². The zero-order valence-electron chi connectivity index (χ0n) is 12.4. The van der Waals surface area contributed by atoms with Crippen molar-refractivity contribution in [1.29, 1.82) is 0 Å². The van der Waals surface area contributed by atoms with Gasteiger partial charge in [0.2, 0.25) is 0 Å². The maximum atomic E-state index is 12.8. The van der Waals surface area contributed by atoms with Crippen molar-refractivity contribution < 1.29 is 18.0 Å². The molecule has 0 aliphatic heterocycles. The Morgan fingerprint density at radius 1 is 1.36 bits per heavy atom. The van der Waals surface area contributed by atoms with E-state index in [1.54, 1.807) is 19.1 Å². The van der Waals surface area contributed by atoms with E-state index in [9.17, 15) is 18.0 Å². The molecule has 7 heteroatoms. The molecule has 0 aliphatic carbocycles. The summed E-state index contributed by atoms with van der Waals surface area (Å²) in [5, 5.41) is 2.00. The number of nitrogens with one attached hydrogen (secondary N) is 1. The molecule has 1 aromatic heterocycles. The van der Waals surface area contributed by atoms with E-state index in [1.807, 2.05) is 27.9 Å². The molecule has 0 radical (unpaired) electrons. The standard InChI is InChI=1S/C15H16F3IN2O/c1-5-6-9(2)11-7-10(8-12(19)20-11)13(22)21-14(3,4)15(16,17)18/h5-8H,1H2,2-4H3,(H,21,22)/b9-6+. The van der Waals surface area contributed by atoms with E-state index in [4.69, 9.17) is 0 Å². The predicted octanol–water partition coefficient (Wildman–Crippen LogP) is 4.35. The Balaban J connectivity index is 3.15. The topological polar surface area (TPSA) is 42.0 Å². The van der Waals surface area contributed by atoms with E-state index in [0.717, 1.165) is 19.4 Å². The average molecular weight is 424 g/mol. The fourth-order valence-electron chi connectivity index (χ4n) is 1.52. The van der Waals surface area contributed by atoms with E-state index in [2.05, 4.69) is 11.6 Å². The van der Waals surface area contributed by atoms with Gasteiger partial charge in [-0.05, 0) is 61.1 Å². The van der Waals surface area contributed by atoms with E-state index in [-0.39, 0.29) is 5.56 Å². The summed E-state index contributed by atoms with van der Waals surface area (Å²) >= 11 is 1.91. The number of hydrogen-bond acceptors (Lipinski definition) is 2. The molecule has 0 aromatic carbocycles. The number of aromatic nitrogens is 1. The molecule has 22 heavy (non-hydrogen) atoms. The van der Waals surface area contributed by atoms with Gasteiger partial charge < -0.3 is 5.32 Å². The summed E-state index contributed by atoms with van der Waals surface area (Å²) in [4.78, 5) is 16.4. The highest BCUT2D eigenvalue weighted by Crippen LogP contribution is 2.30. The summed E-state index contributed by atoms with van der Waals surface area (Å²) in [6.45, 7) is 7.19. The second-order valence-electron chi connectivity index (χ2n) is 5.23. The van der Waals surface area contributed by atoms with Crippen molar-refractivity contribution in [3.8, 4) is 0 Å². The minimum Gasteiger partial charge on any atom is -0.338 e. The summed E-state index contributed by atoms with van der Waals surface area (Å²) in [5.41, 5.74) is -0.909. The molecular weight excluding hydrogens is 408 g/mol. The number of amides is 1. The third kappa shape index (κ3) is 4.56. The van der Waals surface area contributed by atoms with Gasteiger partial charge in [-0.15, -0.1) is 0 Å². The van der Waals surface area contributed by atoms with Gasteiger partial charge in [0.05, 0.1) is 5.69 Å². The number of carbonyl (C=O) groups excluding carboxylic acids is 1. The van der Waals surface area contributed by atoms with Crippen molar-refractivity contribution >= 4 is 34.1 Å². The van der Waals surface area contributed by atoms with Gasteiger partial charge >= 0.3 is 6.18 Å². The van der Waals surface area contributed by atoms with E-state index in [1.165, 1.54) is 12.1 Å². The van der Waals surface area contributed by atoms with Crippen LogP contribution in [0.25, 0.3) is 5.57 Å². The average Bonchev–Trinajstić information content (AvgIpc) is 2.36. The molecule has 0 bridgehead atoms. The molecule has 1 N–H and O–H groups in total. The number of hydrogen-bond donors (Lipinski definition) is 1. The molecule has 0 aliphatic rings. The molecule has 0 spiro atoms. The lowest BCUT2D eigenvalue weighted by Gasteiger charge is -2.28. The van der Waals surface area contributed by atoms with Gasteiger partial charge in [-0.1, -0.05) is 18.7 Å². The van der Waals surface area contributed by atoms with Gasteiger partial charge in [-0.2, -0.15) is 13.2 Å². The van der Waals surface area contributed by atoms with Gasteiger partial charge in [-0.3, -0.25) is 4.79 Å². The van der Waals surface area contributed by atoms with Crippen LogP contribution in [-0.2, 0) is 0 Å². The lowest BCUT2D eigenvalue weighted by Crippen LogP contribution is -2.54. The summed E-state index contributed by atoms with van der Waals surface area (Å²) in [6.07, 6.45) is -1.26. The monoisotopic (exact) mass is 424 g/mol. The van der Waals surface area contributed by atoms with Gasteiger partial charge in [0.25, 0.3) is 5.91 Å². The number of allylic oxidation sites excluding steroid dienone is 3. The Kier molecular flexibility index (Phi) is 5.77. The number of rotatable bonds is 4. The third-order valence-corrected chi connectivity index (χ3v) is 3.52. The Bertz CT molecular complexity index is 622. The lowest BCUT2D eigenvalue weighted by atomic mass is 10.0. The molecule has 1 amide bonds. The maximum absolute atomic E-state index is 12.8. The number of nitrogens with zero attached hydrogens (tertiary/aromatic N) is 1. The summed E-state index contributed by atoms with van der Waals surface area (Å²) < 4.78 is 39.1. The quantitative estimate of drug-likeness (QED) is 0.444. The largest absolute Gasteiger partial charge is 0.410 e. The molecule has 120 valence electrons. The molecule has 3 nitrogen and oxygen atoms in total. The van der Waals surface area contributed by atoms with Crippen LogP contribution in [0.15, 0.2) is 30.9 Å². The Morgan fingerprint density at radius 2 is 1.95 bits per heavy atom. The lowest BCUT2D eigenvalue weighted by molar-refractivity contribution is -0.182. The van der Waals surface area contributed by atoms with Gasteiger partial charge in [0.1, 0.15) is 9.24 Å². The van der Waals surface area contributed by atoms with E-state index in [0.29, 0.717) is 9.39 Å². The molecular formula is C15H16F3IN2O.